The molecule has 180 valence electrons. The van der Waals surface area contributed by atoms with Crippen molar-refractivity contribution in [1.29, 1.82) is 0 Å². The van der Waals surface area contributed by atoms with Gasteiger partial charge in [-0.15, -0.1) is 0 Å². The van der Waals surface area contributed by atoms with Crippen LogP contribution in [0, 0.1) is 0 Å². The fourth-order valence-electron chi connectivity index (χ4n) is 3.97. The van der Waals surface area contributed by atoms with E-state index in [4.69, 9.17) is 10.5 Å². The molecule has 0 fully saturated rings. The first-order chi connectivity index (χ1) is 16.4. The highest BCUT2D eigenvalue weighted by molar-refractivity contribution is 5.84. The molecule has 0 aromatic heterocycles. The lowest BCUT2D eigenvalue weighted by atomic mass is 9.98. The molecule has 10 nitrogen and oxygen atoms in total. The van der Waals surface area contributed by atoms with Gasteiger partial charge in [-0.3, -0.25) is 4.79 Å². The molecular weight excluding hydrogens is 440 g/mol. The maximum absolute atomic E-state index is 12.2. The third kappa shape index (κ3) is 6.47. The molecule has 3 rings (SSSR count). The number of amides is 4. The van der Waals surface area contributed by atoms with Crippen LogP contribution in [0.2, 0.25) is 0 Å². The van der Waals surface area contributed by atoms with E-state index >= 15 is 0 Å². The number of nitrogens with one attached hydrogen (secondary N) is 3. The minimum atomic E-state index is -1.18. The minimum absolute atomic E-state index is 0.00191. The number of carboxylic acid groups (broad SMARTS) is 1. The molecule has 34 heavy (non-hydrogen) atoms. The average Bonchev–Trinajstić information content (AvgIpc) is 3.13. The summed E-state index contributed by atoms with van der Waals surface area (Å²) in [6, 6.07) is 14.2. The van der Waals surface area contributed by atoms with Crippen molar-refractivity contribution in [2.45, 2.75) is 31.2 Å². The van der Waals surface area contributed by atoms with Gasteiger partial charge in [0, 0.05) is 25.4 Å². The Morgan fingerprint density at radius 1 is 0.941 bits per heavy atom. The van der Waals surface area contributed by atoms with Crippen molar-refractivity contribution in [1.82, 2.24) is 16.0 Å². The van der Waals surface area contributed by atoms with Gasteiger partial charge in [0.15, 0.2) is 0 Å². The van der Waals surface area contributed by atoms with Crippen molar-refractivity contribution in [3.63, 3.8) is 0 Å². The Morgan fingerprint density at radius 2 is 1.56 bits per heavy atom. The van der Waals surface area contributed by atoms with Crippen LogP contribution < -0.4 is 21.7 Å². The van der Waals surface area contributed by atoms with E-state index in [1.54, 1.807) is 0 Å². The van der Waals surface area contributed by atoms with Gasteiger partial charge in [0.05, 0.1) is 0 Å². The number of primary amides is 1. The van der Waals surface area contributed by atoms with E-state index in [9.17, 15) is 24.3 Å². The van der Waals surface area contributed by atoms with Crippen LogP contribution in [-0.4, -0.2) is 54.8 Å². The minimum Gasteiger partial charge on any atom is -0.480 e. The molecule has 0 spiro atoms. The van der Waals surface area contributed by atoms with Crippen molar-refractivity contribution in [2.75, 3.05) is 19.7 Å². The van der Waals surface area contributed by atoms with Gasteiger partial charge in [-0.25, -0.2) is 14.4 Å². The third-order valence-electron chi connectivity index (χ3n) is 5.57. The number of carbonyl (C=O) groups is 4. The number of ether oxygens (including phenoxy) is 1. The lowest BCUT2D eigenvalue weighted by Crippen LogP contribution is -2.42. The fourth-order valence-corrected chi connectivity index (χ4v) is 3.97. The van der Waals surface area contributed by atoms with Crippen LogP contribution in [0.5, 0.6) is 0 Å². The molecule has 4 amide bonds. The highest BCUT2D eigenvalue weighted by atomic mass is 16.5. The zero-order chi connectivity index (χ0) is 24.5. The smallest absolute Gasteiger partial charge is 0.407 e. The van der Waals surface area contributed by atoms with Gasteiger partial charge in [-0.1, -0.05) is 48.5 Å². The molecule has 0 bridgehead atoms. The average molecular weight is 469 g/mol. The number of aliphatic carboxylic acids is 1. The van der Waals surface area contributed by atoms with Crippen molar-refractivity contribution >= 4 is 24.0 Å². The SMILES string of the molecule is NC(=O)NCCC[C@H](NC(=O)CCNC(=O)OCC1c2ccccc2-c2ccccc21)C(=O)O. The van der Waals surface area contributed by atoms with Crippen LogP contribution in [0.1, 0.15) is 36.3 Å². The van der Waals surface area contributed by atoms with E-state index in [2.05, 4.69) is 16.0 Å². The summed E-state index contributed by atoms with van der Waals surface area (Å²) >= 11 is 0. The molecule has 0 heterocycles. The van der Waals surface area contributed by atoms with E-state index in [0.29, 0.717) is 6.42 Å². The summed E-state index contributed by atoms with van der Waals surface area (Å²) in [5, 5.41) is 16.5. The molecule has 1 aliphatic carbocycles. The Hall–Kier alpha value is -4.08. The van der Waals surface area contributed by atoms with Gasteiger partial charge >= 0.3 is 18.1 Å². The number of benzene rings is 2. The monoisotopic (exact) mass is 468 g/mol. The summed E-state index contributed by atoms with van der Waals surface area (Å²) < 4.78 is 5.41. The summed E-state index contributed by atoms with van der Waals surface area (Å²) in [7, 11) is 0. The number of rotatable bonds is 11. The zero-order valence-electron chi connectivity index (χ0n) is 18.6. The molecular formula is C24H28N4O6. The van der Waals surface area contributed by atoms with E-state index in [0.717, 1.165) is 22.3 Å². The molecule has 0 aliphatic heterocycles. The maximum Gasteiger partial charge on any atom is 0.407 e. The molecule has 0 saturated carbocycles. The number of carboxylic acids is 1. The van der Waals surface area contributed by atoms with Crippen LogP contribution in [0.15, 0.2) is 48.5 Å². The first kappa shape index (κ1) is 24.6. The standard InChI is InChI=1S/C24H28N4O6/c25-23(32)26-12-5-10-20(22(30)31)28-21(29)11-13-27-24(33)34-14-19-17-8-3-1-6-15(17)16-7-2-4-9-18(16)19/h1-4,6-9,19-20H,5,10-14H2,(H,27,33)(H,28,29)(H,30,31)(H3,25,26,32)/t20-/m0/s1. The van der Waals surface area contributed by atoms with E-state index in [1.807, 2.05) is 48.5 Å². The molecule has 2 aromatic rings. The van der Waals surface area contributed by atoms with Gasteiger partial charge in [0.1, 0.15) is 12.6 Å². The second-order valence-corrected chi connectivity index (χ2v) is 7.89. The topological polar surface area (TPSA) is 160 Å². The molecule has 6 N–H and O–H groups in total. The highest BCUT2D eigenvalue weighted by Gasteiger charge is 2.29. The lowest BCUT2D eigenvalue weighted by Gasteiger charge is -2.16. The first-order valence-corrected chi connectivity index (χ1v) is 11.0. The fraction of sp³-hybridized carbons (Fsp3) is 0.333. The maximum atomic E-state index is 12.2. The predicted molar refractivity (Wildman–Crippen MR) is 124 cm³/mol. The van der Waals surface area contributed by atoms with E-state index in [-0.39, 0.29) is 38.5 Å². The molecule has 10 heteroatoms. The molecule has 2 aromatic carbocycles. The van der Waals surface area contributed by atoms with Crippen LogP contribution in [0.4, 0.5) is 9.59 Å². The summed E-state index contributed by atoms with van der Waals surface area (Å²) in [4.78, 5) is 46.2. The van der Waals surface area contributed by atoms with Crippen LogP contribution in [0.25, 0.3) is 11.1 Å². The number of carbonyl (C=O) groups excluding carboxylic acids is 3. The Kier molecular flexibility index (Phi) is 8.44. The summed E-state index contributed by atoms with van der Waals surface area (Å²) in [6.45, 7) is 0.364. The third-order valence-corrected chi connectivity index (χ3v) is 5.57. The van der Waals surface area contributed by atoms with E-state index < -0.39 is 30.0 Å². The Labute approximate surface area is 196 Å². The Bertz CT molecular complexity index is 1010. The number of alkyl carbamates (subject to hydrolysis) is 1. The van der Waals surface area contributed by atoms with Crippen molar-refractivity contribution < 1.29 is 29.0 Å². The summed E-state index contributed by atoms with van der Waals surface area (Å²) in [6.07, 6.45) is -0.297. The van der Waals surface area contributed by atoms with Gasteiger partial charge in [-0.2, -0.15) is 0 Å². The number of fused-ring (bicyclic) bond motifs is 3. The van der Waals surface area contributed by atoms with E-state index in [1.165, 1.54) is 0 Å². The second-order valence-electron chi connectivity index (χ2n) is 7.89. The quantitative estimate of drug-likeness (QED) is 0.317. The highest BCUT2D eigenvalue weighted by Crippen LogP contribution is 2.44. The normalized spacial score (nSPS) is 12.7. The number of urea groups is 1. The van der Waals surface area contributed by atoms with Gasteiger partial charge < -0.3 is 31.5 Å². The van der Waals surface area contributed by atoms with Crippen molar-refractivity contribution in [3.8, 4) is 11.1 Å². The molecule has 1 atom stereocenters. The molecule has 1 aliphatic rings. The molecule has 0 radical (unpaired) electrons. The Morgan fingerprint density at radius 3 is 2.15 bits per heavy atom. The van der Waals surface area contributed by atoms with Gasteiger partial charge in [-0.05, 0) is 35.1 Å². The predicted octanol–water partition coefficient (Wildman–Crippen LogP) is 1.93. The van der Waals surface area contributed by atoms with Crippen LogP contribution in [0.3, 0.4) is 0 Å². The molecule has 0 saturated heterocycles. The number of hydrogen-bond donors (Lipinski definition) is 5. The van der Waals surface area contributed by atoms with Gasteiger partial charge in [0.25, 0.3) is 0 Å². The largest absolute Gasteiger partial charge is 0.480 e. The van der Waals surface area contributed by atoms with Crippen LogP contribution >= 0.6 is 0 Å². The molecule has 0 unspecified atom stereocenters. The van der Waals surface area contributed by atoms with Crippen LogP contribution in [-0.2, 0) is 14.3 Å². The van der Waals surface area contributed by atoms with Crippen molar-refractivity contribution in [3.05, 3.63) is 59.7 Å². The second kappa shape index (κ2) is 11.7. The Balaban J connectivity index is 1.41. The zero-order valence-corrected chi connectivity index (χ0v) is 18.6. The van der Waals surface area contributed by atoms with Crippen molar-refractivity contribution in [2.24, 2.45) is 5.73 Å². The number of nitrogens with two attached hydrogens (primary N) is 1. The van der Waals surface area contributed by atoms with Gasteiger partial charge in [0.2, 0.25) is 5.91 Å². The lowest BCUT2D eigenvalue weighted by molar-refractivity contribution is -0.142. The first-order valence-electron chi connectivity index (χ1n) is 11.0. The summed E-state index contributed by atoms with van der Waals surface area (Å²) in [5.41, 5.74) is 9.40. The number of hydrogen-bond acceptors (Lipinski definition) is 5. The summed E-state index contributed by atoms with van der Waals surface area (Å²) in [5.74, 6) is -1.77.